The lowest BCUT2D eigenvalue weighted by Crippen LogP contribution is -1.98. The second-order valence-electron chi connectivity index (χ2n) is 3.43. The Labute approximate surface area is 94.1 Å². The minimum absolute atomic E-state index is 0.311. The number of hydrogen-bond donors (Lipinski definition) is 1. The lowest BCUT2D eigenvalue weighted by molar-refractivity contribution is 0.414. The highest BCUT2D eigenvalue weighted by Crippen LogP contribution is 2.13. The Morgan fingerprint density at radius 1 is 1.19 bits per heavy atom. The molecule has 0 radical (unpaired) electrons. The maximum atomic E-state index is 5.52. The third-order valence-electron chi connectivity index (χ3n) is 2.28. The fraction of sp³-hybridized carbons (Fsp3) is 0.167. The molecule has 2 rings (SSSR count). The molecule has 0 aliphatic heterocycles. The van der Waals surface area contributed by atoms with Crippen molar-refractivity contribution in [2.24, 2.45) is 0 Å². The van der Waals surface area contributed by atoms with Gasteiger partial charge in [-0.15, -0.1) is 0 Å². The Morgan fingerprint density at radius 2 is 1.94 bits per heavy atom. The predicted octanol–water partition coefficient (Wildman–Crippen LogP) is 1.66. The molecule has 1 aromatic carbocycles. The fourth-order valence-corrected chi connectivity index (χ4v) is 1.46. The first-order valence-corrected chi connectivity index (χ1v) is 4.98. The molecule has 0 atom stereocenters. The number of ether oxygens (including phenoxy) is 1. The SMILES string of the molecule is COc1ccc(Cc2ccnc(N)n2)cc1. The van der Waals surface area contributed by atoms with Crippen LogP contribution in [0, 0.1) is 0 Å². The van der Waals surface area contributed by atoms with E-state index in [0.717, 1.165) is 17.9 Å². The summed E-state index contributed by atoms with van der Waals surface area (Å²) in [6.07, 6.45) is 2.41. The molecule has 0 saturated heterocycles. The van der Waals surface area contributed by atoms with Crippen LogP contribution >= 0.6 is 0 Å². The van der Waals surface area contributed by atoms with Gasteiger partial charge in [-0.05, 0) is 23.8 Å². The Kier molecular flexibility index (Phi) is 3.00. The van der Waals surface area contributed by atoms with Crippen molar-refractivity contribution >= 4 is 5.95 Å². The lowest BCUT2D eigenvalue weighted by Gasteiger charge is -2.03. The number of methoxy groups -OCH3 is 1. The van der Waals surface area contributed by atoms with Crippen LogP contribution in [0.5, 0.6) is 5.75 Å². The molecule has 16 heavy (non-hydrogen) atoms. The molecular weight excluding hydrogens is 202 g/mol. The average molecular weight is 215 g/mol. The van der Waals surface area contributed by atoms with Crippen LogP contribution in [-0.4, -0.2) is 17.1 Å². The van der Waals surface area contributed by atoms with Gasteiger partial charge in [0.1, 0.15) is 5.75 Å². The van der Waals surface area contributed by atoms with Gasteiger partial charge < -0.3 is 10.5 Å². The first kappa shape index (κ1) is 10.4. The van der Waals surface area contributed by atoms with Crippen molar-refractivity contribution < 1.29 is 4.74 Å². The van der Waals surface area contributed by atoms with Crippen molar-refractivity contribution in [3.63, 3.8) is 0 Å². The van der Waals surface area contributed by atoms with Crippen LogP contribution in [0.4, 0.5) is 5.95 Å². The summed E-state index contributed by atoms with van der Waals surface area (Å²) >= 11 is 0. The van der Waals surface area contributed by atoms with Gasteiger partial charge in [0.2, 0.25) is 5.95 Å². The molecule has 4 heteroatoms. The van der Waals surface area contributed by atoms with E-state index in [-0.39, 0.29) is 0 Å². The summed E-state index contributed by atoms with van der Waals surface area (Å²) in [5.74, 6) is 1.16. The highest BCUT2D eigenvalue weighted by molar-refractivity contribution is 5.30. The van der Waals surface area contributed by atoms with E-state index in [0.29, 0.717) is 5.95 Å². The van der Waals surface area contributed by atoms with E-state index in [4.69, 9.17) is 10.5 Å². The molecule has 0 bridgehead atoms. The number of benzene rings is 1. The van der Waals surface area contributed by atoms with Crippen LogP contribution in [0.25, 0.3) is 0 Å². The van der Waals surface area contributed by atoms with Crippen LogP contribution < -0.4 is 10.5 Å². The number of nitrogens with two attached hydrogens (primary N) is 1. The zero-order chi connectivity index (χ0) is 11.4. The van der Waals surface area contributed by atoms with Gasteiger partial charge in [-0.2, -0.15) is 0 Å². The van der Waals surface area contributed by atoms with Crippen molar-refractivity contribution in [3.8, 4) is 5.75 Å². The molecule has 2 aromatic rings. The number of rotatable bonds is 3. The summed E-state index contributed by atoms with van der Waals surface area (Å²) in [7, 11) is 1.65. The number of hydrogen-bond acceptors (Lipinski definition) is 4. The highest BCUT2D eigenvalue weighted by atomic mass is 16.5. The third kappa shape index (κ3) is 2.48. The topological polar surface area (TPSA) is 61.0 Å². The van der Waals surface area contributed by atoms with Gasteiger partial charge >= 0.3 is 0 Å². The quantitative estimate of drug-likeness (QED) is 0.845. The van der Waals surface area contributed by atoms with Gasteiger partial charge in [-0.25, -0.2) is 9.97 Å². The Hall–Kier alpha value is -2.10. The zero-order valence-corrected chi connectivity index (χ0v) is 9.05. The summed E-state index contributed by atoms with van der Waals surface area (Å²) in [6.45, 7) is 0. The largest absolute Gasteiger partial charge is 0.497 e. The smallest absolute Gasteiger partial charge is 0.220 e. The van der Waals surface area contributed by atoms with E-state index in [9.17, 15) is 0 Å². The first-order chi connectivity index (χ1) is 7.78. The normalized spacial score (nSPS) is 10.1. The summed E-state index contributed by atoms with van der Waals surface area (Å²) in [4.78, 5) is 8.00. The molecule has 0 aliphatic rings. The van der Waals surface area contributed by atoms with Crippen molar-refractivity contribution in [2.45, 2.75) is 6.42 Å². The predicted molar refractivity (Wildman–Crippen MR) is 62.2 cm³/mol. The van der Waals surface area contributed by atoms with Gasteiger partial charge in [-0.3, -0.25) is 0 Å². The first-order valence-electron chi connectivity index (χ1n) is 4.98. The molecule has 2 N–H and O–H groups in total. The van der Waals surface area contributed by atoms with Crippen molar-refractivity contribution in [3.05, 3.63) is 47.8 Å². The van der Waals surface area contributed by atoms with Crippen LogP contribution in [0.2, 0.25) is 0 Å². The molecular formula is C12H13N3O. The number of nitrogen functional groups attached to an aromatic ring is 1. The zero-order valence-electron chi connectivity index (χ0n) is 9.05. The van der Waals surface area contributed by atoms with Crippen LogP contribution in [-0.2, 0) is 6.42 Å². The van der Waals surface area contributed by atoms with Crippen molar-refractivity contribution in [1.82, 2.24) is 9.97 Å². The van der Waals surface area contributed by atoms with Crippen molar-refractivity contribution in [2.75, 3.05) is 12.8 Å². The maximum Gasteiger partial charge on any atom is 0.220 e. The summed E-state index contributed by atoms with van der Waals surface area (Å²) in [5, 5.41) is 0. The fourth-order valence-electron chi connectivity index (χ4n) is 1.46. The molecule has 0 unspecified atom stereocenters. The Morgan fingerprint density at radius 3 is 2.56 bits per heavy atom. The molecule has 0 aliphatic carbocycles. The van der Waals surface area contributed by atoms with E-state index in [1.165, 1.54) is 5.56 Å². The minimum atomic E-state index is 0.311. The average Bonchev–Trinajstić information content (AvgIpc) is 2.30. The molecule has 82 valence electrons. The highest BCUT2D eigenvalue weighted by Gasteiger charge is 1.99. The van der Waals surface area contributed by atoms with Crippen LogP contribution in [0.3, 0.4) is 0 Å². The molecule has 0 fully saturated rings. The Balaban J connectivity index is 2.14. The molecule has 1 heterocycles. The van der Waals surface area contributed by atoms with Gasteiger partial charge in [0.25, 0.3) is 0 Å². The summed E-state index contributed by atoms with van der Waals surface area (Å²) in [6, 6.07) is 9.74. The number of nitrogens with zero attached hydrogens (tertiary/aromatic N) is 2. The van der Waals surface area contributed by atoms with E-state index < -0.39 is 0 Å². The lowest BCUT2D eigenvalue weighted by atomic mass is 10.1. The molecule has 4 nitrogen and oxygen atoms in total. The minimum Gasteiger partial charge on any atom is -0.497 e. The second kappa shape index (κ2) is 4.61. The number of aromatic nitrogens is 2. The Bertz CT molecular complexity index is 468. The van der Waals surface area contributed by atoms with Gasteiger partial charge in [-0.1, -0.05) is 12.1 Å². The second-order valence-corrected chi connectivity index (χ2v) is 3.43. The van der Waals surface area contributed by atoms with Crippen molar-refractivity contribution in [1.29, 1.82) is 0 Å². The monoisotopic (exact) mass is 215 g/mol. The summed E-state index contributed by atoms with van der Waals surface area (Å²) < 4.78 is 5.09. The van der Waals surface area contributed by atoms with E-state index in [1.54, 1.807) is 13.3 Å². The summed E-state index contributed by atoms with van der Waals surface area (Å²) in [5.41, 5.74) is 7.60. The van der Waals surface area contributed by atoms with Crippen LogP contribution in [0.15, 0.2) is 36.5 Å². The molecule has 0 saturated carbocycles. The number of anilines is 1. The molecule has 1 aromatic heterocycles. The molecule has 0 spiro atoms. The van der Waals surface area contributed by atoms with E-state index in [1.807, 2.05) is 30.3 Å². The van der Waals surface area contributed by atoms with Gasteiger partial charge in [0.05, 0.1) is 12.8 Å². The van der Waals surface area contributed by atoms with Gasteiger partial charge in [0, 0.05) is 12.6 Å². The van der Waals surface area contributed by atoms with E-state index >= 15 is 0 Å². The standard InChI is InChI=1S/C12H13N3O/c1-16-11-4-2-9(3-5-11)8-10-6-7-14-12(13)15-10/h2-7H,8H2,1H3,(H2,13,14,15). The molecule has 0 amide bonds. The van der Waals surface area contributed by atoms with E-state index in [2.05, 4.69) is 9.97 Å². The third-order valence-corrected chi connectivity index (χ3v) is 2.28. The maximum absolute atomic E-state index is 5.52. The van der Waals surface area contributed by atoms with Gasteiger partial charge in [0.15, 0.2) is 0 Å². The van der Waals surface area contributed by atoms with Crippen LogP contribution in [0.1, 0.15) is 11.3 Å².